The van der Waals surface area contributed by atoms with Gasteiger partial charge in [0.1, 0.15) is 0 Å². The second-order valence-electron chi connectivity index (χ2n) is 7.01. The third kappa shape index (κ3) is 2.73. The number of hydrogen-bond donors (Lipinski definition) is 0. The van der Waals surface area contributed by atoms with E-state index in [2.05, 4.69) is 37.3 Å². The van der Waals surface area contributed by atoms with Crippen LogP contribution in [0.5, 0.6) is 0 Å². The van der Waals surface area contributed by atoms with E-state index in [1.807, 2.05) is 0 Å². The Hall–Kier alpha value is -0.780. The first-order valence-electron chi connectivity index (χ1n) is 8.38. The van der Waals surface area contributed by atoms with Gasteiger partial charge in [-0.25, -0.2) is 0 Å². The molecule has 0 aliphatic heterocycles. The van der Waals surface area contributed by atoms with Crippen LogP contribution in [0.2, 0.25) is 0 Å². The lowest BCUT2D eigenvalue weighted by Crippen LogP contribution is -2.37. The maximum atomic E-state index is 2.38. The molecule has 104 valence electrons. The lowest BCUT2D eigenvalue weighted by molar-refractivity contribution is 0.146. The SMILES string of the molecule is CCC1CCCC(CC2(c3ccccc3)CCC2)C1. The van der Waals surface area contributed by atoms with Crippen molar-refractivity contribution in [3.63, 3.8) is 0 Å². The van der Waals surface area contributed by atoms with Gasteiger partial charge in [-0.3, -0.25) is 0 Å². The molecule has 0 saturated heterocycles. The Bertz CT molecular complexity index is 388. The van der Waals surface area contributed by atoms with Gasteiger partial charge in [0.2, 0.25) is 0 Å². The zero-order chi connectivity index (χ0) is 13.1. The second kappa shape index (κ2) is 5.69. The summed E-state index contributed by atoms with van der Waals surface area (Å²) in [6.45, 7) is 2.38. The predicted molar refractivity (Wildman–Crippen MR) is 82.3 cm³/mol. The number of rotatable bonds is 4. The molecule has 1 aromatic rings. The summed E-state index contributed by atoms with van der Waals surface area (Å²) in [5.41, 5.74) is 2.18. The highest BCUT2D eigenvalue weighted by Crippen LogP contribution is 2.50. The fourth-order valence-corrected chi connectivity index (χ4v) is 4.52. The summed E-state index contributed by atoms with van der Waals surface area (Å²) in [4.78, 5) is 0. The normalized spacial score (nSPS) is 29.7. The summed E-state index contributed by atoms with van der Waals surface area (Å²) in [5, 5.41) is 0. The highest BCUT2D eigenvalue weighted by molar-refractivity contribution is 5.28. The molecule has 0 aromatic heterocycles. The third-order valence-corrected chi connectivity index (χ3v) is 5.84. The zero-order valence-corrected chi connectivity index (χ0v) is 12.4. The van der Waals surface area contributed by atoms with E-state index in [9.17, 15) is 0 Å². The fourth-order valence-electron chi connectivity index (χ4n) is 4.52. The maximum Gasteiger partial charge on any atom is -0.00443 e. The summed E-state index contributed by atoms with van der Waals surface area (Å²) in [5.74, 6) is 2.02. The molecule has 0 spiro atoms. The molecule has 3 rings (SSSR count). The van der Waals surface area contributed by atoms with Gasteiger partial charge in [0.25, 0.3) is 0 Å². The molecule has 0 N–H and O–H groups in total. The molecule has 0 bridgehead atoms. The molecule has 2 aliphatic carbocycles. The van der Waals surface area contributed by atoms with Gasteiger partial charge in [0.05, 0.1) is 0 Å². The van der Waals surface area contributed by atoms with E-state index < -0.39 is 0 Å². The van der Waals surface area contributed by atoms with Gasteiger partial charge in [-0.05, 0) is 48.5 Å². The molecule has 19 heavy (non-hydrogen) atoms. The monoisotopic (exact) mass is 256 g/mol. The highest BCUT2D eigenvalue weighted by Gasteiger charge is 2.40. The van der Waals surface area contributed by atoms with Crippen molar-refractivity contribution in [3.8, 4) is 0 Å². The van der Waals surface area contributed by atoms with Crippen LogP contribution < -0.4 is 0 Å². The van der Waals surface area contributed by atoms with Gasteiger partial charge in [0, 0.05) is 0 Å². The Morgan fingerprint density at radius 2 is 1.74 bits per heavy atom. The first-order valence-corrected chi connectivity index (χ1v) is 8.38. The van der Waals surface area contributed by atoms with Gasteiger partial charge in [-0.2, -0.15) is 0 Å². The molecular formula is C19H28. The largest absolute Gasteiger partial charge is 0.0651 e. The van der Waals surface area contributed by atoms with E-state index in [1.165, 1.54) is 57.8 Å². The van der Waals surface area contributed by atoms with Crippen LogP contribution in [-0.4, -0.2) is 0 Å². The topological polar surface area (TPSA) is 0 Å². The summed E-state index contributed by atoms with van der Waals surface area (Å²) in [6.07, 6.45) is 13.1. The molecule has 2 atom stereocenters. The van der Waals surface area contributed by atoms with Crippen LogP contribution in [0.25, 0.3) is 0 Å². The van der Waals surface area contributed by atoms with Crippen LogP contribution in [-0.2, 0) is 5.41 Å². The van der Waals surface area contributed by atoms with Gasteiger partial charge in [-0.1, -0.05) is 69.4 Å². The minimum absolute atomic E-state index is 0.557. The molecule has 0 radical (unpaired) electrons. The average Bonchev–Trinajstić information content (AvgIpc) is 2.44. The molecule has 2 fully saturated rings. The smallest absolute Gasteiger partial charge is 0.00443 e. The van der Waals surface area contributed by atoms with E-state index in [0.29, 0.717) is 5.41 Å². The Labute approximate surface area is 118 Å². The number of hydrogen-bond acceptors (Lipinski definition) is 0. The van der Waals surface area contributed by atoms with Crippen molar-refractivity contribution >= 4 is 0 Å². The zero-order valence-electron chi connectivity index (χ0n) is 12.4. The van der Waals surface area contributed by atoms with Crippen LogP contribution in [0.4, 0.5) is 0 Å². The minimum Gasteiger partial charge on any atom is -0.0651 e. The Kier molecular flexibility index (Phi) is 3.96. The van der Waals surface area contributed by atoms with Gasteiger partial charge in [0.15, 0.2) is 0 Å². The molecule has 2 aliphatic rings. The van der Waals surface area contributed by atoms with E-state index in [1.54, 1.807) is 5.56 Å². The highest BCUT2D eigenvalue weighted by atomic mass is 14.4. The van der Waals surface area contributed by atoms with Crippen molar-refractivity contribution in [3.05, 3.63) is 35.9 Å². The fraction of sp³-hybridized carbons (Fsp3) is 0.684. The van der Waals surface area contributed by atoms with E-state index >= 15 is 0 Å². The molecule has 0 heteroatoms. The standard InChI is InChI=1S/C19H28/c1-2-16-8-6-9-17(14-16)15-19(12-7-13-19)18-10-4-3-5-11-18/h3-5,10-11,16-17H,2,6-9,12-15H2,1H3. The van der Waals surface area contributed by atoms with Crippen molar-refractivity contribution in [2.75, 3.05) is 0 Å². The van der Waals surface area contributed by atoms with Gasteiger partial charge >= 0.3 is 0 Å². The summed E-state index contributed by atoms with van der Waals surface area (Å²) in [6, 6.07) is 11.4. The van der Waals surface area contributed by atoms with E-state index in [-0.39, 0.29) is 0 Å². The van der Waals surface area contributed by atoms with Crippen LogP contribution in [0.15, 0.2) is 30.3 Å². The average molecular weight is 256 g/mol. The first-order chi connectivity index (χ1) is 9.32. The quantitative estimate of drug-likeness (QED) is 0.646. The third-order valence-electron chi connectivity index (χ3n) is 5.84. The van der Waals surface area contributed by atoms with E-state index in [4.69, 9.17) is 0 Å². The molecule has 2 saturated carbocycles. The van der Waals surface area contributed by atoms with Crippen molar-refractivity contribution in [2.24, 2.45) is 11.8 Å². The lowest BCUT2D eigenvalue weighted by atomic mass is 9.59. The Balaban J connectivity index is 1.70. The second-order valence-corrected chi connectivity index (χ2v) is 7.01. The van der Waals surface area contributed by atoms with Crippen molar-refractivity contribution in [2.45, 2.75) is 70.1 Å². The molecule has 0 nitrogen and oxygen atoms in total. The summed E-state index contributed by atoms with van der Waals surface area (Å²) < 4.78 is 0. The summed E-state index contributed by atoms with van der Waals surface area (Å²) in [7, 11) is 0. The molecule has 2 unspecified atom stereocenters. The minimum atomic E-state index is 0.557. The lowest BCUT2D eigenvalue weighted by Gasteiger charge is -2.46. The van der Waals surface area contributed by atoms with E-state index in [0.717, 1.165) is 11.8 Å². The predicted octanol–water partition coefficient (Wildman–Crippen LogP) is 5.71. The molecular weight excluding hydrogens is 228 g/mol. The molecule has 0 amide bonds. The molecule has 1 aromatic carbocycles. The molecule has 0 heterocycles. The summed E-state index contributed by atoms with van der Waals surface area (Å²) >= 11 is 0. The van der Waals surface area contributed by atoms with Crippen molar-refractivity contribution < 1.29 is 0 Å². The maximum absolute atomic E-state index is 2.38. The Morgan fingerprint density at radius 3 is 2.37 bits per heavy atom. The van der Waals surface area contributed by atoms with Crippen molar-refractivity contribution in [1.29, 1.82) is 0 Å². The van der Waals surface area contributed by atoms with Gasteiger partial charge < -0.3 is 0 Å². The van der Waals surface area contributed by atoms with Crippen molar-refractivity contribution in [1.82, 2.24) is 0 Å². The Morgan fingerprint density at radius 1 is 1.00 bits per heavy atom. The van der Waals surface area contributed by atoms with Crippen LogP contribution in [0.3, 0.4) is 0 Å². The van der Waals surface area contributed by atoms with Crippen LogP contribution in [0, 0.1) is 11.8 Å². The first kappa shape index (κ1) is 13.2. The van der Waals surface area contributed by atoms with Gasteiger partial charge in [-0.15, -0.1) is 0 Å². The van der Waals surface area contributed by atoms with Crippen LogP contribution >= 0.6 is 0 Å². The van der Waals surface area contributed by atoms with Crippen LogP contribution in [0.1, 0.15) is 70.3 Å². The number of benzene rings is 1.